The molecular weight excluding hydrogens is 362 g/mol. The zero-order valence-electron chi connectivity index (χ0n) is 16.9. The molecule has 4 rings (SSSR count). The number of rotatable bonds is 6. The quantitative estimate of drug-likeness (QED) is 0.618. The first-order chi connectivity index (χ1) is 14.2. The lowest BCUT2D eigenvalue weighted by atomic mass is 10.1. The first kappa shape index (κ1) is 19.2. The van der Waals surface area contributed by atoms with Crippen molar-refractivity contribution in [3.8, 4) is 11.8 Å². The summed E-state index contributed by atoms with van der Waals surface area (Å²) in [5.41, 5.74) is 4.84. The van der Waals surface area contributed by atoms with Gasteiger partial charge in [0.1, 0.15) is 12.4 Å². The molecule has 1 aromatic heterocycles. The average Bonchev–Trinajstić information content (AvgIpc) is 3.20. The van der Waals surface area contributed by atoms with Crippen molar-refractivity contribution in [3.05, 3.63) is 65.4 Å². The van der Waals surface area contributed by atoms with Gasteiger partial charge in [0.25, 0.3) is 0 Å². The maximum Gasteiger partial charge on any atom is 0.122 e. The standard InChI is InChI=1S/C24H25N3O2/c1-3-28-21-10-11-27(15-21)24-12-17(2)26-23-13-20(8-9-22(23)24)29-16-19-6-4-18(14-25)5-7-19/h4-9,12-13,21H,3,10-11,15-16H2,1-2H3/t21-/m0/s1. The van der Waals surface area contributed by atoms with Gasteiger partial charge in [-0.1, -0.05) is 12.1 Å². The van der Waals surface area contributed by atoms with Gasteiger partial charge in [0, 0.05) is 42.5 Å². The van der Waals surface area contributed by atoms with E-state index in [-0.39, 0.29) is 0 Å². The van der Waals surface area contributed by atoms with Crippen LogP contribution < -0.4 is 9.64 Å². The fourth-order valence-electron chi connectivity index (χ4n) is 3.83. The summed E-state index contributed by atoms with van der Waals surface area (Å²) in [4.78, 5) is 7.12. The van der Waals surface area contributed by atoms with Crippen LogP contribution in [0.1, 0.15) is 30.2 Å². The normalized spacial score (nSPS) is 16.2. The highest BCUT2D eigenvalue weighted by Gasteiger charge is 2.24. The van der Waals surface area contributed by atoms with Crippen LogP contribution in [0.25, 0.3) is 10.9 Å². The van der Waals surface area contributed by atoms with Gasteiger partial charge in [0.05, 0.1) is 23.3 Å². The monoisotopic (exact) mass is 387 g/mol. The lowest BCUT2D eigenvalue weighted by Crippen LogP contribution is -2.23. The molecule has 0 saturated carbocycles. The molecule has 0 spiro atoms. The minimum absolute atomic E-state index is 0.304. The van der Waals surface area contributed by atoms with Crippen molar-refractivity contribution in [3.63, 3.8) is 0 Å². The summed E-state index contributed by atoms with van der Waals surface area (Å²) in [6.45, 7) is 7.22. The van der Waals surface area contributed by atoms with Crippen LogP contribution in [-0.4, -0.2) is 30.8 Å². The number of aromatic nitrogens is 1. The molecule has 2 aromatic carbocycles. The van der Waals surface area contributed by atoms with Crippen LogP contribution in [0, 0.1) is 18.3 Å². The SMILES string of the molecule is CCO[C@H]1CCN(c2cc(C)nc3cc(OCc4ccc(C#N)cc4)ccc23)C1. The van der Waals surface area contributed by atoms with E-state index in [1.165, 1.54) is 5.69 Å². The molecule has 2 heterocycles. The maximum atomic E-state index is 8.90. The summed E-state index contributed by atoms with van der Waals surface area (Å²) in [7, 11) is 0. The van der Waals surface area contributed by atoms with Crippen LogP contribution in [0.5, 0.6) is 5.75 Å². The zero-order chi connectivity index (χ0) is 20.2. The number of hydrogen-bond donors (Lipinski definition) is 0. The second-order valence-corrected chi connectivity index (χ2v) is 7.37. The van der Waals surface area contributed by atoms with E-state index in [9.17, 15) is 0 Å². The molecule has 1 aliphatic heterocycles. The van der Waals surface area contributed by atoms with Gasteiger partial charge in [0.2, 0.25) is 0 Å². The number of anilines is 1. The van der Waals surface area contributed by atoms with Crippen LogP contribution in [0.3, 0.4) is 0 Å². The second kappa shape index (κ2) is 8.50. The molecule has 0 radical (unpaired) electrons. The molecule has 1 fully saturated rings. The molecule has 5 nitrogen and oxygen atoms in total. The summed E-state index contributed by atoms with van der Waals surface area (Å²) >= 11 is 0. The van der Waals surface area contributed by atoms with Gasteiger partial charge < -0.3 is 14.4 Å². The summed E-state index contributed by atoms with van der Waals surface area (Å²) in [5, 5.41) is 10.0. The Labute approximate surface area is 171 Å². The zero-order valence-corrected chi connectivity index (χ0v) is 16.9. The number of nitriles is 1. The minimum Gasteiger partial charge on any atom is -0.489 e. The molecule has 1 aliphatic rings. The Morgan fingerprint density at radius 3 is 2.76 bits per heavy atom. The summed E-state index contributed by atoms with van der Waals surface area (Å²) < 4.78 is 11.8. The molecule has 0 N–H and O–H groups in total. The molecule has 0 aliphatic carbocycles. The molecule has 3 aromatic rings. The molecular formula is C24H25N3O2. The predicted octanol–water partition coefficient (Wildman–Crippen LogP) is 4.61. The minimum atomic E-state index is 0.304. The topological polar surface area (TPSA) is 58.4 Å². The Kier molecular flexibility index (Phi) is 5.64. The van der Waals surface area contributed by atoms with E-state index in [1.54, 1.807) is 0 Å². The van der Waals surface area contributed by atoms with Crippen molar-refractivity contribution in [2.75, 3.05) is 24.6 Å². The van der Waals surface area contributed by atoms with Crippen molar-refractivity contribution in [1.29, 1.82) is 5.26 Å². The lowest BCUT2D eigenvalue weighted by molar-refractivity contribution is 0.0788. The fourth-order valence-corrected chi connectivity index (χ4v) is 3.83. The van der Waals surface area contributed by atoms with Crippen LogP contribution >= 0.6 is 0 Å². The van der Waals surface area contributed by atoms with E-state index in [1.807, 2.05) is 50.2 Å². The van der Waals surface area contributed by atoms with E-state index in [2.05, 4.69) is 23.1 Å². The number of pyridine rings is 1. The van der Waals surface area contributed by atoms with Crippen LogP contribution in [0.2, 0.25) is 0 Å². The Bertz CT molecular complexity index is 1040. The first-order valence-corrected chi connectivity index (χ1v) is 10.1. The largest absolute Gasteiger partial charge is 0.489 e. The Morgan fingerprint density at radius 2 is 2.00 bits per heavy atom. The first-order valence-electron chi connectivity index (χ1n) is 10.1. The van der Waals surface area contributed by atoms with Crippen molar-refractivity contribution in [2.45, 2.75) is 33.0 Å². The van der Waals surface area contributed by atoms with E-state index in [0.29, 0.717) is 18.3 Å². The molecule has 148 valence electrons. The van der Waals surface area contributed by atoms with Gasteiger partial charge in [0.15, 0.2) is 0 Å². The lowest BCUT2D eigenvalue weighted by Gasteiger charge is -2.21. The van der Waals surface area contributed by atoms with E-state index < -0.39 is 0 Å². The van der Waals surface area contributed by atoms with Crippen molar-refractivity contribution in [1.82, 2.24) is 4.98 Å². The van der Waals surface area contributed by atoms with Crippen molar-refractivity contribution < 1.29 is 9.47 Å². The molecule has 1 atom stereocenters. The van der Waals surface area contributed by atoms with Gasteiger partial charge >= 0.3 is 0 Å². The fraction of sp³-hybridized carbons (Fsp3) is 0.333. The van der Waals surface area contributed by atoms with Crippen LogP contribution in [0.15, 0.2) is 48.5 Å². The van der Waals surface area contributed by atoms with Crippen molar-refractivity contribution in [2.24, 2.45) is 0 Å². The van der Waals surface area contributed by atoms with Gasteiger partial charge in [-0.25, -0.2) is 0 Å². The average molecular weight is 387 g/mol. The highest BCUT2D eigenvalue weighted by Crippen LogP contribution is 2.32. The highest BCUT2D eigenvalue weighted by molar-refractivity contribution is 5.93. The van der Waals surface area contributed by atoms with Gasteiger partial charge in [-0.05, 0) is 56.2 Å². The van der Waals surface area contributed by atoms with E-state index in [4.69, 9.17) is 19.7 Å². The van der Waals surface area contributed by atoms with E-state index >= 15 is 0 Å². The number of ether oxygens (including phenoxy) is 2. The summed E-state index contributed by atoms with van der Waals surface area (Å²) in [5.74, 6) is 0.791. The van der Waals surface area contributed by atoms with Gasteiger partial charge in [-0.2, -0.15) is 5.26 Å². The molecule has 0 unspecified atom stereocenters. The third-order valence-corrected chi connectivity index (χ3v) is 5.26. The third-order valence-electron chi connectivity index (χ3n) is 5.26. The number of nitrogens with zero attached hydrogens (tertiary/aromatic N) is 3. The Balaban J connectivity index is 1.54. The number of benzene rings is 2. The summed E-state index contributed by atoms with van der Waals surface area (Å²) in [6.07, 6.45) is 1.36. The second-order valence-electron chi connectivity index (χ2n) is 7.37. The predicted molar refractivity (Wildman–Crippen MR) is 114 cm³/mol. The van der Waals surface area contributed by atoms with Crippen LogP contribution in [0.4, 0.5) is 5.69 Å². The Hall–Kier alpha value is -3.10. The highest BCUT2D eigenvalue weighted by atomic mass is 16.5. The third kappa shape index (κ3) is 4.33. The van der Waals surface area contributed by atoms with Crippen molar-refractivity contribution >= 4 is 16.6 Å². The summed E-state index contributed by atoms with van der Waals surface area (Å²) in [6, 6.07) is 17.8. The number of fused-ring (bicyclic) bond motifs is 1. The van der Waals surface area contributed by atoms with Gasteiger partial charge in [-0.3, -0.25) is 4.98 Å². The molecule has 1 saturated heterocycles. The smallest absolute Gasteiger partial charge is 0.122 e. The van der Waals surface area contributed by atoms with Gasteiger partial charge in [-0.15, -0.1) is 0 Å². The molecule has 5 heteroatoms. The maximum absolute atomic E-state index is 8.90. The Morgan fingerprint density at radius 1 is 1.17 bits per heavy atom. The molecule has 0 amide bonds. The van der Waals surface area contributed by atoms with E-state index in [0.717, 1.165) is 54.0 Å². The van der Waals surface area contributed by atoms with Crippen LogP contribution in [-0.2, 0) is 11.3 Å². The molecule has 0 bridgehead atoms. The number of aryl methyl sites for hydroxylation is 1. The molecule has 29 heavy (non-hydrogen) atoms. The number of hydrogen-bond acceptors (Lipinski definition) is 5.